The molecule has 0 saturated carbocycles. The second-order valence-electron chi connectivity index (χ2n) is 5.34. The summed E-state index contributed by atoms with van der Waals surface area (Å²) in [5, 5.41) is 0. The van der Waals surface area contributed by atoms with Crippen molar-refractivity contribution in [1.82, 2.24) is 4.90 Å². The van der Waals surface area contributed by atoms with Gasteiger partial charge < -0.3 is 4.74 Å². The molecule has 104 valence electrons. The lowest BCUT2D eigenvalue weighted by molar-refractivity contribution is 0.142. The van der Waals surface area contributed by atoms with Crippen LogP contribution in [0.3, 0.4) is 0 Å². The summed E-state index contributed by atoms with van der Waals surface area (Å²) in [4.78, 5) is 2.49. The Morgan fingerprint density at radius 1 is 0.850 bits per heavy atom. The van der Waals surface area contributed by atoms with Gasteiger partial charge in [-0.3, -0.25) is 4.90 Å². The molecule has 2 aromatic carbocycles. The van der Waals surface area contributed by atoms with Gasteiger partial charge in [0.2, 0.25) is 0 Å². The van der Waals surface area contributed by atoms with E-state index in [0.29, 0.717) is 0 Å². The van der Waals surface area contributed by atoms with Gasteiger partial charge in [-0.15, -0.1) is 0 Å². The van der Waals surface area contributed by atoms with Crippen molar-refractivity contribution in [3.05, 3.63) is 59.7 Å². The van der Waals surface area contributed by atoms with E-state index in [1.165, 1.54) is 11.1 Å². The lowest BCUT2D eigenvalue weighted by Gasteiger charge is -2.45. The van der Waals surface area contributed by atoms with Crippen molar-refractivity contribution < 1.29 is 4.74 Å². The van der Waals surface area contributed by atoms with Crippen LogP contribution in [0.2, 0.25) is 0 Å². The number of fused-ring (bicyclic) bond motifs is 2. The molecule has 0 bridgehead atoms. The zero-order valence-electron chi connectivity index (χ0n) is 12.4. The number of rotatable bonds is 3. The van der Waals surface area contributed by atoms with Crippen LogP contribution in [0.1, 0.15) is 31.9 Å². The minimum Gasteiger partial charge on any atom is -0.457 e. The van der Waals surface area contributed by atoms with Gasteiger partial charge in [0.1, 0.15) is 11.5 Å². The monoisotopic (exact) mass is 267 g/mol. The number of para-hydroxylation sites is 2. The highest BCUT2D eigenvalue weighted by atomic mass is 16.5. The third kappa shape index (κ3) is 1.75. The molecule has 0 aromatic heterocycles. The fourth-order valence-electron chi connectivity index (χ4n) is 3.38. The Morgan fingerprint density at radius 3 is 1.75 bits per heavy atom. The molecule has 0 aliphatic carbocycles. The highest BCUT2D eigenvalue weighted by Crippen LogP contribution is 2.49. The molecule has 0 N–H and O–H groups in total. The molecular weight excluding hydrogens is 246 g/mol. The van der Waals surface area contributed by atoms with Crippen LogP contribution in [-0.2, 0) is 5.54 Å². The maximum absolute atomic E-state index is 6.09. The van der Waals surface area contributed by atoms with E-state index in [-0.39, 0.29) is 5.54 Å². The fraction of sp³-hybridized carbons (Fsp3) is 0.333. The van der Waals surface area contributed by atoms with Crippen molar-refractivity contribution in [2.45, 2.75) is 26.3 Å². The maximum atomic E-state index is 6.09. The van der Waals surface area contributed by atoms with E-state index in [2.05, 4.69) is 62.1 Å². The zero-order chi connectivity index (χ0) is 14.2. The summed E-state index contributed by atoms with van der Waals surface area (Å²) >= 11 is 0. The van der Waals surface area contributed by atoms with Gasteiger partial charge in [0.15, 0.2) is 0 Å². The van der Waals surface area contributed by atoms with Gasteiger partial charge in [0, 0.05) is 11.1 Å². The van der Waals surface area contributed by atoms with Crippen LogP contribution < -0.4 is 4.74 Å². The third-order valence-corrected chi connectivity index (χ3v) is 4.44. The smallest absolute Gasteiger partial charge is 0.132 e. The van der Waals surface area contributed by atoms with Gasteiger partial charge >= 0.3 is 0 Å². The molecule has 0 spiro atoms. The first-order chi connectivity index (χ1) is 9.71. The van der Waals surface area contributed by atoms with Gasteiger partial charge in [-0.05, 0) is 32.1 Å². The minimum absolute atomic E-state index is 0.130. The number of hydrogen-bond acceptors (Lipinski definition) is 2. The quantitative estimate of drug-likeness (QED) is 0.817. The molecule has 0 radical (unpaired) electrons. The summed E-state index contributed by atoms with van der Waals surface area (Å²) in [6, 6.07) is 16.8. The molecule has 0 fully saturated rings. The first kappa shape index (κ1) is 13.2. The molecule has 2 heteroatoms. The Labute approximate surface area is 121 Å². The second kappa shape index (κ2) is 4.95. The van der Waals surface area contributed by atoms with E-state index in [4.69, 9.17) is 4.74 Å². The molecule has 0 atom stereocenters. The van der Waals surface area contributed by atoms with E-state index in [0.717, 1.165) is 24.6 Å². The SMILES string of the molecule is CCN(CC)C1(C)c2ccccc2Oc2ccccc21. The van der Waals surface area contributed by atoms with Gasteiger partial charge in [0.05, 0.1) is 5.54 Å². The Kier molecular flexibility index (Phi) is 3.27. The third-order valence-electron chi connectivity index (χ3n) is 4.44. The molecule has 2 aromatic rings. The van der Waals surface area contributed by atoms with E-state index in [9.17, 15) is 0 Å². The van der Waals surface area contributed by atoms with E-state index < -0.39 is 0 Å². The summed E-state index contributed by atoms with van der Waals surface area (Å²) in [5.41, 5.74) is 2.37. The average molecular weight is 267 g/mol. The number of nitrogens with zero attached hydrogens (tertiary/aromatic N) is 1. The van der Waals surface area contributed by atoms with E-state index >= 15 is 0 Å². The second-order valence-corrected chi connectivity index (χ2v) is 5.34. The van der Waals surface area contributed by atoms with Gasteiger partial charge in [-0.2, -0.15) is 0 Å². The van der Waals surface area contributed by atoms with Crippen LogP contribution >= 0.6 is 0 Å². The lowest BCUT2D eigenvalue weighted by atomic mass is 9.80. The summed E-state index contributed by atoms with van der Waals surface area (Å²) in [5.74, 6) is 1.95. The fourth-order valence-corrected chi connectivity index (χ4v) is 3.38. The highest BCUT2D eigenvalue weighted by molar-refractivity contribution is 5.56. The Bertz CT molecular complexity index is 571. The molecule has 0 unspecified atom stereocenters. The van der Waals surface area contributed by atoms with Gasteiger partial charge in [0.25, 0.3) is 0 Å². The Hall–Kier alpha value is -1.80. The van der Waals surface area contributed by atoms with Crippen LogP contribution in [0, 0.1) is 0 Å². The summed E-state index contributed by atoms with van der Waals surface area (Å²) in [7, 11) is 0. The van der Waals surface area contributed by atoms with Crippen molar-refractivity contribution >= 4 is 0 Å². The average Bonchev–Trinajstić information content (AvgIpc) is 2.49. The number of ether oxygens (including phenoxy) is 1. The number of benzene rings is 2. The van der Waals surface area contributed by atoms with Gasteiger partial charge in [-0.25, -0.2) is 0 Å². The normalized spacial score (nSPS) is 15.4. The predicted octanol–water partition coefficient (Wildman–Crippen LogP) is 4.40. The molecule has 20 heavy (non-hydrogen) atoms. The topological polar surface area (TPSA) is 12.5 Å². The molecule has 3 rings (SSSR count). The molecule has 0 saturated heterocycles. The number of hydrogen-bond donors (Lipinski definition) is 0. The Balaban J connectivity index is 2.27. The van der Waals surface area contributed by atoms with Crippen molar-refractivity contribution in [3.8, 4) is 11.5 Å². The highest BCUT2D eigenvalue weighted by Gasteiger charge is 2.41. The first-order valence-electron chi connectivity index (χ1n) is 7.33. The molecular formula is C18H21NO. The van der Waals surface area contributed by atoms with Gasteiger partial charge in [-0.1, -0.05) is 50.2 Å². The van der Waals surface area contributed by atoms with Crippen LogP contribution in [0.15, 0.2) is 48.5 Å². The van der Waals surface area contributed by atoms with E-state index in [1.807, 2.05) is 12.1 Å². The van der Waals surface area contributed by atoms with Crippen molar-refractivity contribution in [2.75, 3.05) is 13.1 Å². The minimum atomic E-state index is -0.130. The summed E-state index contributed by atoms with van der Waals surface area (Å²) in [6.45, 7) is 8.76. The first-order valence-corrected chi connectivity index (χ1v) is 7.33. The van der Waals surface area contributed by atoms with Crippen molar-refractivity contribution in [3.63, 3.8) is 0 Å². The van der Waals surface area contributed by atoms with Crippen molar-refractivity contribution in [1.29, 1.82) is 0 Å². The zero-order valence-corrected chi connectivity index (χ0v) is 12.4. The molecule has 1 aliphatic rings. The van der Waals surface area contributed by atoms with Crippen LogP contribution in [0.5, 0.6) is 11.5 Å². The molecule has 0 amide bonds. The van der Waals surface area contributed by atoms with Crippen molar-refractivity contribution in [2.24, 2.45) is 0 Å². The van der Waals surface area contributed by atoms with E-state index in [1.54, 1.807) is 0 Å². The molecule has 2 nitrogen and oxygen atoms in total. The Morgan fingerprint density at radius 2 is 1.30 bits per heavy atom. The van der Waals surface area contributed by atoms with Crippen LogP contribution in [-0.4, -0.2) is 18.0 Å². The standard InChI is InChI=1S/C18H21NO/c1-4-19(5-2)18(3)14-10-6-8-12-16(14)20-17-13-9-7-11-15(17)18/h6-13H,4-5H2,1-3H3. The summed E-state index contributed by atoms with van der Waals surface area (Å²) < 4.78 is 6.09. The summed E-state index contributed by atoms with van der Waals surface area (Å²) in [6.07, 6.45) is 0. The molecule has 1 aliphatic heterocycles. The molecule has 1 heterocycles. The van der Waals surface area contributed by atoms with Crippen LogP contribution in [0.25, 0.3) is 0 Å². The predicted molar refractivity (Wildman–Crippen MR) is 82.3 cm³/mol. The lowest BCUT2D eigenvalue weighted by Crippen LogP contribution is -2.46. The maximum Gasteiger partial charge on any atom is 0.132 e. The largest absolute Gasteiger partial charge is 0.457 e. The van der Waals surface area contributed by atoms with Crippen LogP contribution in [0.4, 0.5) is 0 Å².